The number of nitrogens with zero attached hydrogens (tertiary/aromatic N) is 2. The smallest absolute Gasteiger partial charge is 0.147 e. The van der Waals surface area contributed by atoms with Crippen molar-refractivity contribution < 1.29 is 9.13 Å². The van der Waals surface area contributed by atoms with E-state index in [0.29, 0.717) is 11.1 Å². The number of rotatable bonds is 7. The number of benzene rings is 1. The lowest BCUT2D eigenvalue weighted by Gasteiger charge is -2.00. The molecular weight excluding hydrogens is 345 g/mol. The molecule has 1 N–H and O–H groups in total. The summed E-state index contributed by atoms with van der Waals surface area (Å²) in [4.78, 5) is 0. The van der Waals surface area contributed by atoms with Gasteiger partial charge in [0.25, 0.3) is 0 Å². The van der Waals surface area contributed by atoms with E-state index in [1.165, 1.54) is 23.5 Å². The minimum Gasteiger partial charge on any atom is -0.383 e. The minimum atomic E-state index is -0.285. The van der Waals surface area contributed by atoms with Gasteiger partial charge in [-0.05, 0) is 18.2 Å². The summed E-state index contributed by atoms with van der Waals surface area (Å²) in [5.41, 5.74) is 0.743. The molecule has 0 aliphatic heterocycles. The fraction of sp³-hybridized carbons (Fsp3) is 0.385. The maximum absolute atomic E-state index is 13.3. The van der Waals surface area contributed by atoms with Crippen LogP contribution in [0.5, 0.6) is 0 Å². The van der Waals surface area contributed by atoms with E-state index < -0.39 is 0 Å². The fourth-order valence-corrected chi connectivity index (χ4v) is 2.93. The molecule has 0 bridgehead atoms. The van der Waals surface area contributed by atoms with E-state index in [9.17, 15) is 4.39 Å². The number of hydrogen-bond acceptors (Lipinski definition) is 5. The van der Waals surface area contributed by atoms with E-state index in [4.69, 9.17) is 4.74 Å². The van der Waals surface area contributed by atoms with Crippen LogP contribution in [-0.4, -0.2) is 37.0 Å². The molecule has 2 aromatic rings. The zero-order valence-electron chi connectivity index (χ0n) is 11.0. The van der Waals surface area contributed by atoms with E-state index >= 15 is 0 Å². The first kappa shape index (κ1) is 15.5. The Morgan fingerprint density at radius 1 is 1.30 bits per heavy atom. The highest BCUT2D eigenvalue weighted by molar-refractivity contribution is 9.10. The molecule has 0 spiro atoms. The highest BCUT2D eigenvalue weighted by Gasteiger charge is 2.08. The maximum Gasteiger partial charge on any atom is 0.147 e. The van der Waals surface area contributed by atoms with Crippen LogP contribution in [0.2, 0.25) is 0 Å². The largest absolute Gasteiger partial charge is 0.383 e. The number of ether oxygens (including phenoxy) is 1. The van der Waals surface area contributed by atoms with Gasteiger partial charge in [-0.25, -0.2) is 4.39 Å². The average Bonchev–Trinajstić information content (AvgIpc) is 2.86. The average molecular weight is 360 g/mol. The Morgan fingerprint density at radius 2 is 2.15 bits per heavy atom. The molecule has 0 aliphatic rings. The Kier molecular flexibility index (Phi) is 6.03. The van der Waals surface area contributed by atoms with Crippen molar-refractivity contribution in [1.29, 1.82) is 0 Å². The zero-order valence-corrected chi connectivity index (χ0v) is 13.4. The third kappa shape index (κ3) is 4.59. The van der Waals surface area contributed by atoms with Crippen LogP contribution in [0, 0.1) is 5.82 Å². The molecule has 0 unspecified atom stereocenters. The van der Waals surface area contributed by atoms with Gasteiger partial charge >= 0.3 is 0 Å². The van der Waals surface area contributed by atoms with Gasteiger partial charge in [-0.15, -0.1) is 10.2 Å². The van der Waals surface area contributed by atoms with Crippen molar-refractivity contribution in [3.63, 3.8) is 0 Å². The third-order valence-corrected chi connectivity index (χ3v) is 4.06. The van der Waals surface area contributed by atoms with Crippen molar-refractivity contribution in [2.75, 3.05) is 26.8 Å². The quantitative estimate of drug-likeness (QED) is 0.772. The van der Waals surface area contributed by atoms with Crippen molar-refractivity contribution in [3.8, 4) is 10.6 Å². The summed E-state index contributed by atoms with van der Waals surface area (Å²) < 4.78 is 19.0. The topological polar surface area (TPSA) is 47.0 Å². The fourth-order valence-electron chi connectivity index (χ4n) is 1.64. The molecule has 0 aliphatic carbocycles. The Hall–Kier alpha value is -0.890. The molecule has 1 aromatic carbocycles. The lowest BCUT2D eigenvalue weighted by atomic mass is 10.2. The summed E-state index contributed by atoms with van der Waals surface area (Å²) in [5, 5.41) is 13.2. The summed E-state index contributed by atoms with van der Waals surface area (Å²) in [5.74, 6) is -0.285. The van der Waals surface area contributed by atoms with Crippen LogP contribution in [0.4, 0.5) is 4.39 Å². The van der Waals surface area contributed by atoms with Crippen LogP contribution in [0.15, 0.2) is 22.7 Å². The van der Waals surface area contributed by atoms with Gasteiger partial charge in [-0.3, -0.25) is 0 Å². The molecule has 20 heavy (non-hydrogen) atoms. The number of methoxy groups -OCH3 is 1. The molecule has 2 rings (SSSR count). The summed E-state index contributed by atoms with van der Waals surface area (Å²) in [6.07, 6.45) is 0.803. The summed E-state index contributed by atoms with van der Waals surface area (Å²) in [7, 11) is 1.68. The standard InChI is InChI=1S/C13H15BrFN3OS/c1-19-5-4-16-3-2-12-17-18-13(20-12)9-6-10(14)8-11(15)7-9/h6-8,16H,2-5H2,1H3. The minimum absolute atomic E-state index is 0.285. The molecule has 0 amide bonds. The van der Waals surface area contributed by atoms with Crippen LogP contribution >= 0.6 is 27.3 Å². The second-order valence-electron chi connectivity index (χ2n) is 4.15. The molecule has 4 nitrogen and oxygen atoms in total. The first-order chi connectivity index (χ1) is 9.69. The maximum atomic E-state index is 13.3. The molecule has 0 atom stereocenters. The van der Waals surface area contributed by atoms with Crippen LogP contribution in [0.3, 0.4) is 0 Å². The van der Waals surface area contributed by atoms with Crippen molar-refractivity contribution in [2.45, 2.75) is 6.42 Å². The molecule has 0 saturated heterocycles. The van der Waals surface area contributed by atoms with Crippen molar-refractivity contribution in [1.82, 2.24) is 15.5 Å². The second-order valence-corrected chi connectivity index (χ2v) is 6.13. The molecule has 1 heterocycles. The monoisotopic (exact) mass is 359 g/mol. The second kappa shape index (κ2) is 7.78. The normalized spacial score (nSPS) is 10.9. The third-order valence-electron chi connectivity index (χ3n) is 2.57. The molecule has 1 aromatic heterocycles. The predicted molar refractivity (Wildman–Crippen MR) is 81.5 cm³/mol. The van der Waals surface area contributed by atoms with Gasteiger partial charge in [0.2, 0.25) is 0 Å². The van der Waals surface area contributed by atoms with Gasteiger partial charge in [0.15, 0.2) is 0 Å². The summed E-state index contributed by atoms with van der Waals surface area (Å²) in [6, 6.07) is 4.72. The van der Waals surface area contributed by atoms with Crippen molar-refractivity contribution in [2.24, 2.45) is 0 Å². The number of aromatic nitrogens is 2. The molecule has 0 radical (unpaired) electrons. The number of hydrogen-bond donors (Lipinski definition) is 1. The van der Waals surface area contributed by atoms with E-state index in [1.54, 1.807) is 7.11 Å². The first-order valence-corrected chi connectivity index (χ1v) is 7.78. The lowest BCUT2D eigenvalue weighted by Crippen LogP contribution is -2.21. The predicted octanol–water partition coefficient (Wildman–Crippen LogP) is 2.89. The van der Waals surface area contributed by atoms with E-state index in [0.717, 1.165) is 35.1 Å². The lowest BCUT2D eigenvalue weighted by molar-refractivity contribution is 0.199. The highest BCUT2D eigenvalue weighted by atomic mass is 79.9. The first-order valence-electron chi connectivity index (χ1n) is 6.17. The van der Waals surface area contributed by atoms with Crippen LogP contribution in [0.1, 0.15) is 5.01 Å². The molecule has 0 fully saturated rings. The molecule has 0 saturated carbocycles. The molecule has 7 heteroatoms. The SMILES string of the molecule is COCCNCCc1nnc(-c2cc(F)cc(Br)c2)s1. The van der Waals surface area contributed by atoms with Gasteiger partial charge in [0.1, 0.15) is 15.8 Å². The van der Waals surface area contributed by atoms with Crippen LogP contribution in [0.25, 0.3) is 10.6 Å². The Morgan fingerprint density at radius 3 is 2.90 bits per heavy atom. The zero-order chi connectivity index (χ0) is 14.4. The Balaban J connectivity index is 1.94. The Bertz CT molecular complexity index is 544. The van der Waals surface area contributed by atoms with E-state index in [2.05, 4.69) is 31.4 Å². The number of halogens is 2. The highest BCUT2D eigenvalue weighted by Crippen LogP contribution is 2.27. The van der Waals surface area contributed by atoms with E-state index in [-0.39, 0.29) is 5.82 Å². The van der Waals surface area contributed by atoms with Gasteiger partial charge in [-0.2, -0.15) is 0 Å². The van der Waals surface area contributed by atoms with Gasteiger partial charge in [0, 0.05) is 36.7 Å². The van der Waals surface area contributed by atoms with Crippen molar-refractivity contribution >= 4 is 27.3 Å². The van der Waals surface area contributed by atoms with Crippen LogP contribution in [-0.2, 0) is 11.2 Å². The van der Waals surface area contributed by atoms with Crippen molar-refractivity contribution in [3.05, 3.63) is 33.5 Å². The molecule has 108 valence electrons. The van der Waals surface area contributed by atoms with Crippen LogP contribution < -0.4 is 5.32 Å². The summed E-state index contributed by atoms with van der Waals surface area (Å²) in [6.45, 7) is 2.34. The van der Waals surface area contributed by atoms with Gasteiger partial charge in [0.05, 0.1) is 6.61 Å². The Labute approximate surface area is 129 Å². The summed E-state index contributed by atoms with van der Waals surface area (Å²) >= 11 is 4.76. The molecular formula is C13H15BrFN3OS. The van der Waals surface area contributed by atoms with Gasteiger partial charge in [-0.1, -0.05) is 27.3 Å². The number of nitrogens with one attached hydrogen (secondary N) is 1. The van der Waals surface area contributed by atoms with E-state index in [1.807, 2.05) is 6.07 Å². The van der Waals surface area contributed by atoms with Gasteiger partial charge < -0.3 is 10.1 Å².